The summed E-state index contributed by atoms with van der Waals surface area (Å²) in [6.07, 6.45) is 2.78. The molecule has 0 atom stereocenters. The fourth-order valence-electron chi connectivity index (χ4n) is 3.44. The molecular formula is C21H24FNO2. The SMILES string of the molecule is COc1ccccc1C(C)(C)C(=O)NC1(c2ccc(F)cc2)CCC1. The fourth-order valence-corrected chi connectivity index (χ4v) is 3.44. The first kappa shape index (κ1) is 17.5. The molecule has 1 saturated carbocycles. The predicted molar refractivity (Wildman–Crippen MR) is 96.1 cm³/mol. The van der Waals surface area contributed by atoms with Gasteiger partial charge in [-0.3, -0.25) is 4.79 Å². The summed E-state index contributed by atoms with van der Waals surface area (Å²) < 4.78 is 18.7. The Kier molecular flexibility index (Phi) is 4.55. The molecule has 132 valence electrons. The molecule has 1 aliphatic rings. The Hall–Kier alpha value is -2.36. The van der Waals surface area contributed by atoms with Crippen molar-refractivity contribution in [3.8, 4) is 5.75 Å². The maximum absolute atomic E-state index is 13.3. The lowest BCUT2D eigenvalue weighted by atomic mass is 9.70. The van der Waals surface area contributed by atoms with Gasteiger partial charge in [-0.1, -0.05) is 30.3 Å². The molecule has 0 spiro atoms. The minimum atomic E-state index is -0.741. The van der Waals surface area contributed by atoms with Crippen LogP contribution in [0.4, 0.5) is 4.39 Å². The van der Waals surface area contributed by atoms with E-state index in [9.17, 15) is 9.18 Å². The van der Waals surface area contributed by atoms with Crippen LogP contribution in [-0.2, 0) is 15.7 Å². The van der Waals surface area contributed by atoms with Gasteiger partial charge >= 0.3 is 0 Å². The molecule has 0 radical (unpaired) electrons. The number of para-hydroxylation sites is 1. The largest absolute Gasteiger partial charge is 0.496 e. The Morgan fingerprint density at radius 3 is 2.32 bits per heavy atom. The second-order valence-electron chi connectivity index (χ2n) is 7.22. The molecule has 0 aliphatic heterocycles. The number of carbonyl (C=O) groups is 1. The fraction of sp³-hybridized carbons (Fsp3) is 0.381. The van der Waals surface area contributed by atoms with Gasteiger partial charge in [0.1, 0.15) is 11.6 Å². The van der Waals surface area contributed by atoms with E-state index < -0.39 is 11.0 Å². The first-order valence-electron chi connectivity index (χ1n) is 8.61. The lowest BCUT2D eigenvalue weighted by Crippen LogP contribution is -2.55. The summed E-state index contributed by atoms with van der Waals surface area (Å²) in [5, 5.41) is 3.24. The minimum absolute atomic E-state index is 0.0546. The standard InChI is InChI=1S/C21H24FNO2/c1-20(2,17-7-4-5-8-18(17)25-3)19(24)23-21(13-6-14-21)15-9-11-16(22)12-10-15/h4-5,7-12H,6,13-14H2,1-3H3,(H,23,24). The summed E-state index contributed by atoms with van der Waals surface area (Å²) in [6, 6.07) is 14.0. The number of carbonyl (C=O) groups excluding carboxylic acids is 1. The lowest BCUT2D eigenvalue weighted by Gasteiger charge is -2.45. The number of hydrogen-bond donors (Lipinski definition) is 1. The smallest absolute Gasteiger partial charge is 0.230 e. The normalized spacial score (nSPS) is 16.0. The molecule has 2 aromatic carbocycles. The summed E-state index contributed by atoms with van der Waals surface area (Å²) in [4.78, 5) is 13.1. The first-order chi connectivity index (χ1) is 11.9. The van der Waals surface area contributed by atoms with Crippen LogP contribution in [-0.4, -0.2) is 13.0 Å². The van der Waals surface area contributed by atoms with E-state index >= 15 is 0 Å². The molecule has 0 aromatic heterocycles. The Morgan fingerprint density at radius 2 is 1.76 bits per heavy atom. The quantitative estimate of drug-likeness (QED) is 0.880. The van der Waals surface area contributed by atoms with Crippen molar-refractivity contribution in [1.29, 1.82) is 0 Å². The van der Waals surface area contributed by atoms with Crippen LogP contribution in [0.15, 0.2) is 48.5 Å². The molecule has 0 bridgehead atoms. The number of hydrogen-bond acceptors (Lipinski definition) is 2. The van der Waals surface area contributed by atoms with Gasteiger partial charge in [0.05, 0.1) is 18.1 Å². The first-order valence-corrected chi connectivity index (χ1v) is 8.61. The van der Waals surface area contributed by atoms with Gasteiger partial charge in [0.2, 0.25) is 5.91 Å². The van der Waals surface area contributed by atoms with Gasteiger partial charge in [-0.15, -0.1) is 0 Å². The van der Waals surface area contributed by atoms with E-state index in [-0.39, 0.29) is 11.7 Å². The number of halogens is 1. The van der Waals surface area contributed by atoms with Crippen molar-refractivity contribution in [2.45, 2.75) is 44.1 Å². The third-order valence-corrected chi connectivity index (χ3v) is 5.30. The maximum Gasteiger partial charge on any atom is 0.230 e. The highest BCUT2D eigenvalue weighted by Gasteiger charge is 2.43. The lowest BCUT2D eigenvalue weighted by molar-refractivity contribution is -0.129. The highest BCUT2D eigenvalue weighted by Crippen LogP contribution is 2.42. The van der Waals surface area contributed by atoms with Crippen LogP contribution in [0.2, 0.25) is 0 Å². The number of amides is 1. The molecule has 4 heteroatoms. The highest BCUT2D eigenvalue weighted by atomic mass is 19.1. The van der Waals surface area contributed by atoms with E-state index in [0.29, 0.717) is 5.75 Å². The zero-order valence-electron chi connectivity index (χ0n) is 14.9. The van der Waals surface area contributed by atoms with Crippen LogP contribution < -0.4 is 10.1 Å². The zero-order valence-corrected chi connectivity index (χ0v) is 14.9. The van der Waals surface area contributed by atoms with Crippen molar-refractivity contribution in [2.24, 2.45) is 0 Å². The third kappa shape index (κ3) is 3.13. The Bertz CT molecular complexity index is 764. The average molecular weight is 341 g/mol. The average Bonchev–Trinajstić information content (AvgIpc) is 2.58. The molecule has 1 N–H and O–H groups in total. The van der Waals surface area contributed by atoms with Gasteiger partial charge in [-0.2, -0.15) is 0 Å². The predicted octanol–water partition coefficient (Wildman–Crippen LogP) is 4.31. The molecule has 25 heavy (non-hydrogen) atoms. The Morgan fingerprint density at radius 1 is 1.12 bits per heavy atom. The number of ether oxygens (including phenoxy) is 1. The van der Waals surface area contributed by atoms with Crippen LogP contribution in [0.1, 0.15) is 44.2 Å². The van der Waals surface area contributed by atoms with Gasteiger partial charge in [-0.25, -0.2) is 4.39 Å². The summed E-state index contributed by atoms with van der Waals surface area (Å²) in [6.45, 7) is 3.80. The Labute approximate surface area is 148 Å². The van der Waals surface area contributed by atoms with Crippen LogP contribution >= 0.6 is 0 Å². The van der Waals surface area contributed by atoms with Crippen molar-refractivity contribution in [1.82, 2.24) is 5.32 Å². The number of benzene rings is 2. The molecule has 1 aliphatic carbocycles. The molecule has 1 fully saturated rings. The third-order valence-electron chi connectivity index (χ3n) is 5.30. The van der Waals surface area contributed by atoms with E-state index in [2.05, 4.69) is 5.32 Å². The number of nitrogens with one attached hydrogen (secondary N) is 1. The minimum Gasteiger partial charge on any atom is -0.496 e. The van der Waals surface area contributed by atoms with E-state index in [4.69, 9.17) is 4.74 Å². The Balaban J connectivity index is 1.88. The second kappa shape index (κ2) is 6.51. The molecular weight excluding hydrogens is 317 g/mol. The van der Waals surface area contributed by atoms with Crippen molar-refractivity contribution in [3.63, 3.8) is 0 Å². The monoisotopic (exact) mass is 341 g/mol. The van der Waals surface area contributed by atoms with Crippen LogP contribution in [0.5, 0.6) is 5.75 Å². The van der Waals surface area contributed by atoms with Crippen molar-refractivity contribution in [3.05, 3.63) is 65.5 Å². The number of methoxy groups -OCH3 is 1. The molecule has 0 heterocycles. The van der Waals surface area contributed by atoms with Gasteiger partial charge in [0.25, 0.3) is 0 Å². The summed E-state index contributed by atoms with van der Waals surface area (Å²) >= 11 is 0. The van der Waals surface area contributed by atoms with Crippen LogP contribution in [0, 0.1) is 5.82 Å². The second-order valence-corrected chi connectivity index (χ2v) is 7.22. The van der Waals surface area contributed by atoms with Gasteiger partial charge in [-0.05, 0) is 56.9 Å². The zero-order chi connectivity index (χ0) is 18.1. The van der Waals surface area contributed by atoms with Crippen molar-refractivity contribution < 1.29 is 13.9 Å². The van der Waals surface area contributed by atoms with Crippen LogP contribution in [0.25, 0.3) is 0 Å². The topological polar surface area (TPSA) is 38.3 Å². The molecule has 0 unspecified atom stereocenters. The molecule has 1 amide bonds. The highest BCUT2D eigenvalue weighted by molar-refractivity contribution is 5.89. The summed E-state index contributed by atoms with van der Waals surface area (Å²) in [7, 11) is 1.61. The van der Waals surface area contributed by atoms with E-state index in [1.54, 1.807) is 19.2 Å². The van der Waals surface area contributed by atoms with E-state index in [1.165, 1.54) is 12.1 Å². The molecule has 2 aromatic rings. The van der Waals surface area contributed by atoms with Crippen molar-refractivity contribution >= 4 is 5.91 Å². The summed E-state index contributed by atoms with van der Waals surface area (Å²) in [5.74, 6) is 0.381. The van der Waals surface area contributed by atoms with Gasteiger partial charge in [0.15, 0.2) is 0 Å². The van der Waals surface area contributed by atoms with E-state index in [0.717, 1.165) is 30.4 Å². The van der Waals surface area contributed by atoms with Crippen molar-refractivity contribution in [2.75, 3.05) is 7.11 Å². The molecule has 0 saturated heterocycles. The number of rotatable bonds is 5. The molecule has 3 nitrogen and oxygen atoms in total. The van der Waals surface area contributed by atoms with Crippen LogP contribution in [0.3, 0.4) is 0 Å². The maximum atomic E-state index is 13.3. The summed E-state index contributed by atoms with van der Waals surface area (Å²) in [5.41, 5.74) is 0.673. The van der Waals surface area contributed by atoms with Gasteiger partial charge < -0.3 is 10.1 Å². The van der Waals surface area contributed by atoms with Gasteiger partial charge in [0, 0.05) is 5.56 Å². The van der Waals surface area contributed by atoms with E-state index in [1.807, 2.05) is 38.1 Å². The molecule has 3 rings (SSSR count).